The Balaban J connectivity index is 1.68. The van der Waals surface area contributed by atoms with Gasteiger partial charge in [-0.2, -0.15) is 0 Å². The Morgan fingerprint density at radius 1 is 1.38 bits per heavy atom. The number of aliphatic hydroxyl groups excluding tert-OH is 2. The molecule has 0 radical (unpaired) electrons. The minimum absolute atomic E-state index is 0.0223. The molecule has 10 heteroatoms. The number of amidine groups is 1. The second-order valence-electron chi connectivity index (χ2n) is 8.02. The van der Waals surface area contributed by atoms with Gasteiger partial charge in [0.05, 0.1) is 31.1 Å². The molecule has 3 rings (SSSR count). The lowest BCUT2D eigenvalue weighted by Crippen LogP contribution is -2.61. The second kappa shape index (κ2) is 8.11. The number of hydrogen-bond donors (Lipinski definition) is 4. The number of likely N-dealkylation sites (N-methyl/N-ethyl adjacent to an activating group) is 1. The highest BCUT2D eigenvalue weighted by Crippen LogP contribution is 2.47. The van der Waals surface area contributed by atoms with Crippen LogP contribution in [0.25, 0.3) is 0 Å². The quantitative estimate of drug-likeness (QED) is 0.242. The Morgan fingerprint density at radius 2 is 2.07 bits per heavy atom. The summed E-state index contributed by atoms with van der Waals surface area (Å²) in [5.74, 6) is -2.27. The van der Waals surface area contributed by atoms with Crippen molar-refractivity contribution >= 4 is 23.6 Å². The highest BCUT2D eigenvalue weighted by atomic mass is 16.4. The van der Waals surface area contributed by atoms with Crippen LogP contribution in [0.1, 0.15) is 26.2 Å². The van der Waals surface area contributed by atoms with Gasteiger partial charge in [-0.15, -0.1) is 0 Å². The van der Waals surface area contributed by atoms with Crippen LogP contribution in [0.5, 0.6) is 0 Å². The maximum Gasteiger partial charge on any atom is 0.352 e. The number of carboxylic acid groups (broad SMARTS) is 1. The fraction of sp³-hybridized carbons (Fsp3) is 0.684. The molecule has 2 fully saturated rings. The van der Waals surface area contributed by atoms with Crippen molar-refractivity contribution in [1.82, 2.24) is 14.7 Å². The first-order valence-corrected chi connectivity index (χ1v) is 9.82. The number of rotatable bonds is 7. The monoisotopic (exact) mass is 408 g/mol. The van der Waals surface area contributed by atoms with E-state index >= 15 is 0 Å². The van der Waals surface area contributed by atoms with Gasteiger partial charge >= 0.3 is 5.97 Å². The summed E-state index contributed by atoms with van der Waals surface area (Å²) >= 11 is 0. The minimum atomic E-state index is -1.14. The number of carbonyl (C=O) groups excluding carboxylic acids is 2. The smallest absolute Gasteiger partial charge is 0.352 e. The number of nitrogens with one attached hydrogen (secondary N) is 1. The van der Waals surface area contributed by atoms with Crippen LogP contribution in [0.15, 0.2) is 11.3 Å². The zero-order valence-corrected chi connectivity index (χ0v) is 16.7. The van der Waals surface area contributed by atoms with Gasteiger partial charge in [-0.1, -0.05) is 0 Å². The maximum atomic E-state index is 12.3. The van der Waals surface area contributed by atoms with Gasteiger partial charge < -0.3 is 30.0 Å². The molecule has 4 atom stereocenters. The van der Waals surface area contributed by atoms with Gasteiger partial charge in [0.1, 0.15) is 11.5 Å². The van der Waals surface area contributed by atoms with Gasteiger partial charge in [-0.3, -0.25) is 15.0 Å². The lowest BCUT2D eigenvalue weighted by molar-refractivity contribution is -0.161. The van der Waals surface area contributed by atoms with Crippen LogP contribution in [0.3, 0.4) is 0 Å². The molecule has 160 valence electrons. The number of amides is 2. The SMILES string of the molecule is C[C@@H](O)[C@H]1C(=O)N2C(C(=O)O)=C([C@@H]3CCN(C(=N)CC(=O)N(C)CCO)C3)C[C@H]12. The lowest BCUT2D eigenvalue weighted by Gasteiger charge is -2.44. The number of carboxylic acids is 1. The summed E-state index contributed by atoms with van der Waals surface area (Å²) < 4.78 is 0. The van der Waals surface area contributed by atoms with Crippen molar-refractivity contribution in [3.8, 4) is 0 Å². The standard InChI is InChI=1S/C19H28N4O6/c1-10(25)16-13-7-12(17(19(28)29)23(13)18(16)27)11-3-4-22(9-11)14(20)8-15(26)21(2)5-6-24/h10-11,13,16,20,24-25H,3-9H2,1-2H3,(H,28,29)/t10-,11-,13-,16-/m1/s1. The molecule has 0 aromatic rings. The van der Waals surface area contributed by atoms with Gasteiger partial charge in [0.2, 0.25) is 11.8 Å². The van der Waals surface area contributed by atoms with Gasteiger partial charge in [0.25, 0.3) is 0 Å². The van der Waals surface area contributed by atoms with Crippen LogP contribution in [0.2, 0.25) is 0 Å². The first-order valence-electron chi connectivity index (χ1n) is 9.82. The first kappa shape index (κ1) is 21.3. The van der Waals surface area contributed by atoms with Crippen molar-refractivity contribution in [2.24, 2.45) is 11.8 Å². The minimum Gasteiger partial charge on any atom is -0.477 e. The average Bonchev–Trinajstić information content (AvgIpc) is 3.24. The summed E-state index contributed by atoms with van der Waals surface area (Å²) in [6.07, 6.45) is 0.162. The van der Waals surface area contributed by atoms with E-state index in [2.05, 4.69) is 0 Å². The molecule has 0 aromatic heterocycles. The molecule has 29 heavy (non-hydrogen) atoms. The van der Waals surface area contributed by atoms with Crippen LogP contribution in [-0.2, 0) is 14.4 Å². The predicted octanol–water partition coefficient (Wildman–Crippen LogP) is -0.923. The Bertz CT molecular complexity index is 764. The fourth-order valence-corrected chi connectivity index (χ4v) is 4.62. The molecule has 0 aliphatic carbocycles. The van der Waals surface area contributed by atoms with E-state index in [0.29, 0.717) is 31.5 Å². The molecule has 0 bridgehead atoms. The normalized spacial score (nSPS) is 27.0. The Hall–Kier alpha value is -2.46. The van der Waals surface area contributed by atoms with Crippen molar-refractivity contribution in [2.75, 3.05) is 33.3 Å². The predicted molar refractivity (Wildman–Crippen MR) is 102 cm³/mol. The third-order valence-electron chi connectivity index (χ3n) is 6.21. The maximum absolute atomic E-state index is 12.3. The van der Waals surface area contributed by atoms with Crippen molar-refractivity contribution in [3.05, 3.63) is 11.3 Å². The van der Waals surface area contributed by atoms with Crippen LogP contribution < -0.4 is 0 Å². The zero-order valence-electron chi connectivity index (χ0n) is 16.7. The summed E-state index contributed by atoms with van der Waals surface area (Å²) in [5.41, 5.74) is 0.715. The van der Waals surface area contributed by atoms with Crippen molar-refractivity contribution < 1.29 is 29.7 Å². The van der Waals surface area contributed by atoms with E-state index in [4.69, 9.17) is 10.5 Å². The topological polar surface area (TPSA) is 145 Å². The van der Waals surface area contributed by atoms with E-state index in [-0.39, 0.29) is 54.9 Å². The molecule has 0 spiro atoms. The molecule has 0 saturated carbocycles. The van der Waals surface area contributed by atoms with Crippen LogP contribution in [0.4, 0.5) is 0 Å². The molecule has 3 aliphatic heterocycles. The summed E-state index contributed by atoms with van der Waals surface area (Å²) in [4.78, 5) is 40.7. The molecule has 4 N–H and O–H groups in total. The molecule has 3 aliphatic rings. The second-order valence-corrected chi connectivity index (χ2v) is 8.02. The van der Waals surface area contributed by atoms with E-state index in [1.165, 1.54) is 9.80 Å². The van der Waals surface area contributed by atoms with Gasteiger partial charge in [-0.05, 0) is 25.3 Å². The van der Waals surface area contributed by atoms with Gasteiger partial charge in [-0.25, -0.2) is 4.79 Å². The van der Waals surface area contributed by atoms with E-state index in [1.807, 2.05) is 0 Å². The summed E-state index contributed by atoms with van der Waals surface area (Å²) in [6.45, 7) is 2.57. The van der Waals surface area contributed by atoms with E-state index in [9.17, 15) is 24.6 Å². The van der Waals surface area contributed by atoms with E-state index < -0.39 is 18.0 Å². The van der Waals surface area contributed by atoms with Crippen LogP contribution >= 0.6 is 0 Å². The van der Waals surface area contributed by atoms with Crippen molar-refractivity contribution in [2.45, 2.75) is 38.3 Å². The molecule has 10 nitrogen and oxygen atoms in total. The number of fused-ring (bicyclic) bond motifs is 1. The van der Waals surface area contributed by atoms with E-state index in [1.54, 1.807) is 18.9 Å². The summed E-state index contributed by atoms with van der Waals surface area (Å²) in [6, 6.07) is -0.314. The van der Waals surface area contributed by atoms with Gasteiger partial charge in [0, 0.05) is 32.6 Å². The van der Waals surface area contributed by atoms with Gasteiger partial charge in [0.15, 0.2) is 0 Å². The number of β-lactam (4-membered cyclic amide) rings is 1. The Morgan fingerprint density at radius 3 is 2.66 bits per heavy atom. The number of hydrogen-bond acceptors (Lipinski definition) is 6. The highest BCUT2D eigenvalue weighted by molar-refractivity contribution is 6.00. The number of carbonyl (C=O) groups is 3. The van der Waals surface area contributed by atoms with Crippen LogP contribution in [0, 0.1) is 17.2 Å². The average molecular weight is 408 g/mol. The third-order valence-corrected chi connectivity index (χ3v) is 6.21. The number of aliphatic hydroxyl groups is 2. The molecular weight excluding hydrogens is 380 g/mol. The Kier molecular flexibility index (Phi) is 5.95. The lowest BCUT2D eigenvalue weighted by atomic mass is 9.82. The zero-order chi connectivity index (χ0) is 21.5. The summed E-state index contributed by atoms with van der Waals surface area (Å²) in [7, 11) is 1.57. The van der Waals surface area contributed by atoms with Crippen molar-refractivity contribution in [1.29, 1.82) is 5.41 Å². The fourth-order valence-electron chi connectivity index (χ4n) is 4.62. The first-order chi connectivity index (χ1) is 13.7. The number of aliphatic carboxylic acids is 1. The molecule has 2 saturated heterocycles. The largest absolute Gasteiger partial charge is 0.477 e. The summed E-state index contributed by atoms with van der Waals surface area (Å²) in [5, 5.41) is 36.7. The molecular formula is C19H28N4O6. The molecule has 2 amide bonds. The van der Waals surface area contributed by atoms with Crippen LogP contribution in [-0.4, -0.2) is 99.1 Å². The highest BCUT2D eigenvalue weighted by Gasteiger charge is 2.57. The third kappa shape index (κ3) is 3.74. The van der Waals surface area contributed by atoms with Crippen molar-refractivity contribution in [3.63, 3.8) is 0 Å². The van der Waals surface area contributed by atoms with E-state index in [0.717, 1.165) is 0 Å². The molecule has 0 unspecified atom stereocenters. The molecule has 3 heterocycles. The number of nitrogens with zero attached hydrogens (tertiary/aromatic N) is 3. The Labute approximate surface area is 168 Å². The molecule has 0 aromatic carbocycles. The number of likely N-dealkylation sites (tertiary alicyclic amines) is 1.